The number of amides is 1. The summed E-state index contributed by atoms with van der Waals surface area (Å²) in [5.74, 6) is -0.519. The second-order valence-corrected chi connectivity index (χ2v) is 17.6. The summed E-state index contributed by atoms with van der Waals surface area (Å²) in [6.45, 7) is 10.5. The fourth-order valence-electron chi connectivity index (χ4n) is 3.96. The molecular formula is C31H35BrF6N2O3Si. The van der Waals surface area contributed by atoms with Gasteiger partial charge in [-0.3, -0.25) is 4.79 Å². The summed E-state index contributed by atoms with van der Waals surface area (Å²) in [6, 6.07) is 12.9. The minimum atomic E-state index is -4.99. The summed E-state index contributed by atoms with van der Waals surface area (Å²) in [7, 11) is -2.23. The van der Waals surface area contributed by atoms with Crippen LogP contribution < -0.4 is 10.1 Å². The first kappa shape index (κ1) is 35.6. The van der Waals surface area contributed by atoms with Crippen molar-refractivity contribution in [1.29, 1.82) is 0 Å². The van der Waals surface area contributed by atoms with Crippen molar-refractivity contribution < 1.29 is 40.3 Å². The molecule has 0 aliphatic heterocycles. The first-order valence-electron chi connectivity index (χ1n) is 13.8. The maximum absolute atomic E-state index is 13.5. The average Bonchev–Trinajstić information content (AvgIpc) is 2.91. The molecule has 0 bridgehead atoms. The molecule has 0 radical (unpaired) electrons. The quantitative estimate of drug-likeness (QED) is 0.160. The molecule has 44 heavy (non-hydrogen) atoms. The van der Waals surface area contributed by atoms with Gasteiger partial charge in [-0.05, 0) is 88.4 Å². The molecule has 13 heteroatoms. The molecular weight excluding hydrogens is 670 g/mol. The van der Waals surface area contributed by atoms with Gasteiger partial charge >= 0.3 is 12.4 Å². The lowest BCUT2D eigenvalue weighted by molar-refractivity contribution is -0.143. The Morgan fingerprint density at radius 2 is 1.50 bits per heavy atom. The Balaban J connectivity index is 1.87. The van der Waals surface area contributed by atoms with Crippen molar-refractivity contribution in [3.8, 4) is 5.88 Å². The van der Waals surface area contributed by atoms with Gasteiger partial charge in [-0.2, -0.15) is 26.3 Å². The molecule has 0 saturated carbocycles. The van der Waals surface area contributed by atoms with Crippen LogP contribution in [-0.2, 0) is 29.8 Å². The van der Waals surface area contributed by atoms with Crippen molar-refractivity contribution in [2.24, 2.45) is 0 Å². The summed E-state index contributed by atoms with van der Waals surface area (Å²) < 4.78 is 93.6. The largest absolute Gasteiger partial charge is 0.472 e. The van der Waals surface area contributed by atoms with E-state index >= 15 is 0 Å². The highest BCUT2D eigenvalue weighted by molar-refractivity contribution is 9.10. The monoisotopic (exact) mass is 704 g/mol. The third-order valence-corrected chi connectivity index (χ3v) is 12.6. The van der Waals surface area contributed by atoms with Gasteiger partial charge in [0, 0.05) is 12.6 Å². The number of benzene rings is 2. The Hall–Kier alpha value is -2.90. The molecule has 0 aliphatic carbocycles. The maximum Gasteiger partial charge on any atom is 0.416 e. The molecule has 0 aliphatic rings. The Morgan fingerprint density at radius 1 is 0.909 bits per heavy atom. The van der Waals surface area contributed by atoms with Gasteiger partial charge in [0.1, 0.15) is 12.3 Å². The van der Waals surface area contributed by atoms with Gasteiger partial charge in [-0.1, -0.05) is 51.1 Å². The Labute approximate surface area is 262 Å². The van der Waals surface area contributed by atoms with Crippen molar-refractivity contribution in [3.05, 3.63) is 93.1 Å². The smallest absolute Gasteiger partial charge is 0.416 e. The van der Waals surface area contributed by atoms with Crippen molar-refractivity contribution in [2.45, 2.75) is 76.7 Å². The summed E-state index contributed by atoms with van der Waals surface area (Å²) >= 11 is 3.35. The molecule has 3 rings (SSSR count). The lowest BCUT2D eigenvalue weighted by atomic mass is 9.98. The van der Waals surface area contributed by atoms with Crippen LogP contribution in [0, 0.1) is 0 Å². The molecule has 1 amide bonds. The summed E-state index contributed by atoms with van der Waals surface area (Å²) in [4.78, 5) is 17.6. The average molecular weight is 706 g/mol. The van der Waals surface area contributed by atoms with E-state index in [1.807, 2.05) is 64.2 Å². The number of carbonyl (C=O) groups is 1. The van der Waals surface area contributed by atoms with Crippen LogP contribution in [0.2, 0.25) is 18.1 Å². The molecule has 1 atom stereocenters. The predicted octanol–water partition coefficient (Wildman–Crippen LogP) is 9.21. The first-order chi connectivity index (χ1) is 20.3. The highest BCUT2D eigenvalue weighted by Crippen LogP contribution is 2.38. The van der Waals surface area contributed by atoms with Crippen LogP contribution in [0.15, 0.2) is 65.1 Å². The minimum absolute atomic E-state index is 0.0356. The predicted molar refractivity (Wildman–Crippen MR) is 162 cm³/mol. The zero-order valence-electron chi connectivity index (χ0n) is 25.0. The fraction of sp³-hybridized carbons (Fsp3) is 0.419. The molecule has 3 aromatic rings. The second-order valence-electron chi connectivity index (χ2n) is 11.9. The third kappa shape index (κ3) is 10.1. The van der Waals surface area contributed by atoms with Crippen LogP contribution in [0.3, 0.4) is 0 Å². The molecule has 240 valence electrons. The fourth-order valence-corrected chi connectivity index (χ4v) is 5.35. The van der Waals surface area contributed by atoms with Crippen molar-refractivity contribution in [2.75, 3.05) is 6.61 Å². The van der Waals surface area contributed by atoms with Crippen molar-refractivity contribution >= 4 is 30.2 Å². The van der Waals surface area contributed by atoms with Gasteiger partial charge in [0.15, 0.2) is 8.32 Å². The lowest BCUT2D eigenvalue weighted by Gasteiger charge is -2.36. The normalized spacial score (nSPS) is 13.5. The topological polar surface area (TPSA) is 60.5 Å². The number of carbonyl (C=O) groups excluding carboxylic acids is 1. The molecule has 1 N–H and O–H groups in total. The van der Waals surface area contributed by atoms with Gasteiger partial charge < -0.3 is 14.5 Å². The van der Waals surface area contributed by atoms with Crippen molar-refractivity contribution in [1.82, 2.24) is 10.3 Å². The van der Waals surface area contributed by atoms with Gasteiger partial charge in [-0.15, -0.1) is 0 Å². The van der Waals surface area contributed by atoms with Gasteiger partial charge in [0.25, 0.3) is 5.91 Å². The molecule has 0 saturated heterocycles. The number of rotatable bonds is 11. The van der Waals surface area contributed by atoms with E-state index in [-0.39, 0.29) is 54.3 Å². The van der Waals surface area contributed by atoms with E-state index in [0.717, 1.165) is 5.56 Å². The molecule has 0 spiro atoms. The molecule has 2 aromatic carbocycles. The zero-order chi connectivity index (χ0) is 32.9. The third-order valence-electron chi connectivity index (χ3n) is 7.47. The summed E-state index contributed by atoms with van der Waals surface area (Å²) in [5, 5.41) is 2.61. The number of hydrogen-bond acceptors (Lipinski definition) is 4. The van der Waals surface area contributed by atoms with E-state index in [4.69, 9.17) is 9.16 Å². The molecule has 5 nitrogen and oxygen atoms in total. The number of nitrogens with one attached hydrogen (secondary N) is 1. The van der Waals surface area contributed by atoms with Crippen LogP contribution in [0.25, 0.3) is 0 Å². The van der Waals surface area contributed by atoms with E-state index in [1.165, 1.54) is 6.07 Å². The highest BCUT2D eigenvalue weighted by atomic mass is 79.9. The van der Waals surface area contributed by atoms with Gasteiger partial charge in [0.05, 0.1) is 15.6 Å². The number of halogens is 7. The standard InChI is InChI=1S/C31H35BrF6N2O3Si/c1-29(2,3)44(4,5)43-14-13-24(17-21-15-22(30(33,34)35)18-23(16-21)31(36,37)38)39-27(41)26-12-11-25(32)28(40-26)42-19-20-9-7-6-8-10-20/h6-12,15-16,18,24H,13-14,17,19H2,1-5H3,(H,39,41). The Bertz CT molecular complexity index is 1390. The number of alkyl halides is 6. The van der Waals surface area contributed by atoms with E-state index in [9.17, 15) is 31.1 Å². The molecule has 1 unspecified atom stereocenters. The number of hydrogen-bond donors (Lipinski definition) is 1. The van der Waals surface area contributed by atoms with E-state index < -0.39 is 43.7 Å². The Morgan fingerprint density at radius 3 is 2.05 bits per heavy atom. The summed E-state index contributed by atoms with van der Waals surface area (Å²) in [5.41, 5.74) is -2.22. The Kier molecular flexibility index (Phi) is 11.3. The molecule has 1 aromatic heterocycles. The van der Waals surface area contributed by atoms with Gasteiger partial charge in [0.2, 0.25) is 5.88 Å². The second kappa shape index (κ2) is 14.0. The van der Waals surface area contributed by atoms with Crippen LogP contribution in [0.1, 0.15) is 59.9 Å². The van der Waals surface area contributed by atoms with E-state index in [2.05, 4.69) is 26.2 Å². The number of aromatic nitrogens is 1. The highest BCUT2D eigenvalue weighted by Gasteiger charge is 2.38. The van der Waals surface area contributed by atoms with E-state index in [0.29, 0.717) is 16.6 Å². The zero-order valence-corrected chi connectivity index (χ0v) is 27.6. The SMILES string of the molecule is CC(C)(C)[Si](C)(C)OCCC(Cc1cc(C(F)(F)F)cc(C(F)(F)F)c1)NC(=O)c1ccc(Br)c(OCc2ccccc2)n1. The van der Waals surface area contributed by atoms with Crippen LogP contribution in [0.4, 0.5) is 26.3 Å². The molecule has 1 heterocycles. The first-order valence-corrected chi connectivity index (χ1v) is 17.5. The molecule has 0 fully saturated rings. The van der Waals surface area contributed by atoms with E-state index in [1.54, 1.807) is 6.07 Å². The number of nitrogens with zero attached hydrogens (tertiary/aromatic N) is 1. The summed E-state index contributed by atoms with van der Waals surface area (Å²) in [6.07, 6.45) is -10.1. The number of ether oxygens (including phenoxy) is 1. The maximum atomic E-state index is 13.5. The number of pyridine rings is 1. The van der Waals surface area contributed by atoms with Gasteiger partial charge in [-0.25, -0.2) is 4.98 Å². The van der Waals surface area contributed by atoms with Crippen LogP contribution >= 0.6 is 15.9 Å². The van der Waals surface area contributed by atoms with Crippen LogP contribution in [-0.4, -0.2) is 31.9 Å². The minimum Gasteiger partial charge on any atom is -0.472 e. The van der Waals surface area contributed by atoms with Crippen LogP contribution in [0.5, 0.6) is 5.88 Å². The van der Waals surface area contributed by atoms with Crippen molar-refractivity contribution in [3.63, 3.8) is 0 Å². The lowest BCUT2D eigenvalue weighted by Crippen LogP contribution is -2.43.